The van der Waals surface area contributed by atoms with Crippen molar-refractivity contribution < 1.29 is 14.6 Å². The van der Waals surface area contributed by atoms with E-state index in [0.717, 1.165) is 71.9 Å². The first kappa shape index (κ1) is 27.8. The first-order valence-corrected chi connectivity index (χ1v) is 16.1. The number of phenolic OH excluding ortho intramolecular Hbond substituents is 1. The number of rotatable bonds is 5. The van der Waals surface area contributed by atoms with Crippen LogP contribution in [-0.4, -0.2) is 19.3 Å². The number of aromatic hydroxyl groups is 1. The van der Waals surface area contributed by atoms with Crippen LogP contribution in [0, 0.1) is 0 Å². The maximum Gasteiger partial charge on any atom is 0.127 e. The van der Waals surface area contributed by atoms with Crippen molar-refractivity contribution in [2.75, 3.05) is 14.2 Å². The van der Waals surface area contributed by atoms with Gasteiger partial charge < -0.3 is 14.6 Å². The zero-order valence-electron chi connectivity index (χ0n) is 26.0. The number of fused-ring (bicyclic) bond motifs is 7. The van der Waals surface area contributed by atoms with Crippen LogP contribution in [0.25, 0.3) is 33.0 Å². The highest BCUT2D eigenvalue weighted by atomic mass is 16.5. The van der Waals surface area contributed by atoms with Crippen molar-refractivity contribution in [3.63, 3.8) is 0 Å². The highest BCUT2D eigenvalue weighted by Crippen LogP contribution is 2.62. The Morgan fingerprint density at radius 1 is 0.667 bits per heavy atom. The fraction of sp³-hybridized carbons (Fsp3) is 0.238. The summed E-state index contributed by atoms with van der Waals surface area (Å²) in [4.78, 5) is 0. The number of methoxy groups -OCH3 is 2. The van der Waals surface area contributed by atoms with Crippen LogP contribution in [0.15, 0.2) is 121 Å². The monoisotopic (exact) mass is 590 g/mol. The van der Waals surface area contributed by atoms with E-state index in [2.05, 4.69) is 97.1 Å². The van der Waals surface area contributed by atoms with E-state index in [1.807, 2.05) is 18.2 Å². The first-order valence-electron chi connectivity index (χ1n) is 16.1. The Bertz CT molecular complexity index is 1970. The van der Waals surface area contributed by atoms with Crippen LogP contribution >= 0.6 is 0 Å². The molecule has 224 valence electrons. The molecule has 0 bridgehead atoms. The fourth-order valence-electron chi connectivity index (χ4n) is 8.72. The average Bonchev–Trinajstić information content (AvgIpc) is 3.37. The van der Waals surface area contributed by atoms with Crippen molar-refractivity contribution in [3.8, 4) is 39.5 Å². The lowest BCUT2D eigenvalue weighted by Gasteiger charge is -2.48. The summed E-state index contributed by atoms with van der Waals surface area (Å²) >= 11 is 0. The van der Waals surface area contributed by atoms with Crippen molar-refractivity contribution in [2.45, 2.75) is 49.4 Å². The number of allylic oxidation sites excluding steroid dienone is 4. The molecule has 5 aromatic carbocycles. The molecule has 0 amide bonds. The van der Waals surface area contributed by atoms with Crippen molar-refractivity contribution in [1.29, 1.82) is 0 Å². The third-order valence-corrected chi connectivity index (χ3v) is 11.0. The summed E-state index contributed by atoms with van der Waals surface area (Å²) in [5, 5.41) is 13.6. The van der Waals surface area contributed by atoms with Crippen LogP contribution in [0.4, 0.5) is 0 Å². The molecule has 8 rings (SSSR count). The van der Waals surface area contributed by atoms with Gasteiger partial charge in [-0.1, -0.05) is 90.5 Å². The standard InChI is InChI=1S/C42H38O3/c1-44-31-19-17-28(18-20-31)33-25-35-34(26-39(33)45-2)38(43)27-37-40(35)32-15-9-10-16-36(32)42(37)23-21-41(22-24-42,29-11-5-3-6-12-29)30-13-7-4-8-14-30/h3-7,9-13,15-20,25-27,43H,8,14,21-24H2,1-2H3. The summed E-state index contributed by atoms with van der Waals surface area (Å²) in [7, 11) is 3.38. The second kappa shape index (κ2) is 10.7. The van der Waals surface area contributed by atoms with Crippen LogP contribution in [0.5, 0.6) is 17.2 Å². The second-order valence-electron chi connectivity index (χ2n) is 12.9. The van der Waals surface area contributed by atoms with Crippen LogP contribution in [0.2, 0.25) is 0 Å². The Morgan fingerprint density at radius 2 is 1.40 bits per heavy atom. The third-order valence-electron chi connectivity index (χ3n) is 11.0. The molecule has 5 aromatic rings. The summed E-state index contributed by atoms with van der Waals surface area (Å²) in [6.45, 7) is 0. The number of hydrogen-bond acceptors (Lipinski definition) is 3. The van der Waals surface area contributed by atoms with E-state index < -0.39 is 0 Å². The topological polar surface area (TPSA) is 38.7 Å². The average molecular weight is 591 g/mol. The minimum Gasteiger partial charge on any atom is -0.507 e. The molecule has 1 spiro atoms. The van der Waals surface area contributed by atoms with Gasteiger partial charge in [0.1, 0.15) is 17.2 Å². The Labute approximate surface area is 265 Å². The van der Waals surface area contributed by atoms with Gasteiger partial charge >= 0.3 is 0 Å². The Morgan fingerprint density at radius 3 is 2.11 bits per heavy atom. The molecule has 1 N–H and O–H groups in total. The van der Waals surface area contributed by atoms with E-state index in [1.54, 1.807) is 19.8 Å². The van der Waals surface area contributed by atoms with Crippen molar-refractivity contribution in [2.24, 2.45) is 0 Å². The number of hydrogen-bond donors (Lipinski definition) is 1. The number of benzene rings is 5. The van der Waals surface area contributed by atoms with Crippen LogP contribution in [-0.2, 0) is 10.8 Å². The van der Waals surface area contributed by atoms with E-state index in [0.29, 0.717) is 5.75 Å². The van der Waals surface area contributed by atoms with Gasteiger partial charge in [-0.25, -0.2) is 0 Å². The predicted octanol–water partition coefficient (Wildman–Crippen LogP) is 10.3. The summed E-state index contributed by atoms with van der Waals surface area (Å²) in [5.74, 6) is 1.87. The molecule has 0 saturated heterocycles. The van der Waals surface area contributed by atoms with Crippen molar-refractivity contribution >= 4 is 10.8 Å². The molecule has 3 aliphatic rings. The molecular weight excluding hydrogens is 552 g/mol. The summed E-state index contributed by atoms with van der Waals surface area (Å²) in [6, 6.07) is 34.5. The van der Waals surface area contributed by atoms with Gasteiger partial charge in [-0.15, -0.1) is 0 Å². The number of phenols is 1. The molecule has 3 heteroatoms. The van der Waals surface area contributed by atoms with Gasteiger partial charge in [0.25, 0.3) is 0 Å². The van der Waals surface area contributed by atoms with Crippen LogP contribution in [0.1, 0.15) is 55.2 Å². The van der Waals surface area contributed by atoms with Crippen molar-refractivity contribution in [3.05, 3.63) is 138 Å². The molecule has 1 saturated carbocycles. The van der Waals surface area contributed by atoms with Gasteiger partial charge in [0.05, 0.1) is 14.2 Å². The van der Waals surface area contributed by atoms with Crippen LogP contribution in [0.3, 0.4) is 0 Å². The van der Waals surface area contributed by atoms with E-state index >= 15 is 0 Å². The molecule has 45 heavy (non-hydrogen) atoms. The lowest BCUT2D eigenvalue weighted by Crippen LogP contribution is -2.41. The second-order valence-corrected chi connectivity index (χ2v) is 12.9. The SMILES string of the molecule is COc1ccc(-c2cc3c4c(cc(O)c3cc2OC)C2(CCC(C3=CC=CCC3)(c3ccccc3)CC2)c2ccccc2-4)cc1. The highest BCUT2D eigenvalue weighted by Gasteiger charge is 2.51. The Kier molecular flexibility index (Phi) is 6.60. The maximum atomic E-state index is 11.7. The van der Waals surface area contributed by atoms with Gasteiger partial charge in [-0.05, 0) is 108 Å². The van der Waals surface area contributed by atoms with Gasteiger partial charge in [-0.3, -0.25) is 0 Å². The normalized spacial score (nSPS) is 21.8. The number of ether oxygens (including phenoxy) is 2. The quantitative estimate of drug-likeness (QED) is 0.221. The van der Waals surface area contributed by atoms with E-state index in [-0.39, 0.29) is 10.8 Å². The largest absolute Gasteiger partial charge is 0.507 e. The van der Waals surface area contributed by atoms with Crippen LogP contribution < -0.4 is 9.47 Å². The van der Waals surface area contributed by atoms with E-state index in [1.165, 1.54) is 27.8 Å². The molecular formula is C42H38O3. The zero-order valence-corrected chi connectivity index (χ0v) is 26.0. The van der Waals surface area contributed by atoms with Gasteiger partial charge in [0.15, 0.2) is 0 Å². The Balaban J connectivity index is 1.31. The summed E-state index contributed by atoms with van der Waals surface area (Å²) in [5.41, 5.74) is 10.1. The lowest BCUT2D eigenvalue weighted by atomic mass is 9.55. The zero-order chi connectivity index (χ0) is 30.6. The minimum atomic E-state index is -0.152. The first-order chi connectivity index (χ1) is 22.1. The van der Waals surface area contributed by atoms with Gasteiger partial charge in [0.2, 0.25) is 0 Å². The maximum absolute atomic E-state index is 11.7. The van der Waals surface area contributed by atoms with Crippen molar-refractivity contribution in [1.82, 2.24) is 0 Å². The third kappa shape index (κ3) is 4.17. The summed E-state index contributed by atoms with van der Waals surface area (Å²) in [6.07, 6.45) is 13.4. The molecule has 0 aromatic heterocycles. The predicted molar refractivity (Wildman–Crippen MR) is 183 cm³/mol. The molecule has 0 unspecified atom stereocenters. The smallest absolute Gasteiger partial charge is 0.127 e. The van der Waals surface area contributed by atoms with Gasteiger partial charge in [0, 0.05) is 21.8 Å². The molecule has 3 nitrogen and oxygen atoms in total. The molecule has 0 aliphatic heterocycles. The summed E-state index contributed by atoms with van der Waals surface area (Å²) < 4.78 is 11.3. The minimum absolute atomic E-state index is 0.0305. The van der Waals surface area contributed by atoms with Gasteiger partial charge in [-0.2, -0.15) is 0 Å². The fourth-order valence-corrected chi connectivity index (χ4v) is 8.72. The molecule has 0 atom stereocenters. The molecule has 1 fully saturated rings. The lowest BCUT2D eigenvalue weighted by molar-refractivity contribution is 0.252. The molecule has 0 heterocycles. The highest BCUT2D eigenvalue weighted by molar-refractivity contribution is 6.07. The molecule has 0 radical (unpaired) electrons. The Hall–Kier alpha value is -4.76. The molecule has 3 aliphatic carbocycles. The van der Waals surface area contributed by atoms with E-state index in [4.69, 9.17) is 9.47 Å². The van der Waals surface area contributed by atoms with E-state index in [9.17, 15) is 5.11 Å².